The molecule has 0 heteroatoms. The van der Waals surface area contributed by atoms with Gasteiger partial charge in [0.25, 0.3) is 0 Å². The van der Waals surface area contributed by atoms with Gasteiger partial charge < -0.3 is 0 Å². The Bertz CT molecular complexity index is 600. The van der Waals surface area contributed by atoms with E-state index in [-0.39, 0.29) is 0 Å². The highest BCUT2D eigenvalue weighted by atomic mass is 14.3. The third-order valence-electron chi connectivity index (χ3n) is 4.75. The first-order valence-corrected chi connectivity index (χ1v) is 8.24. The van der Waals surface area contributed by atoms with E-state index in [1.165, 1.54) is 35.1 Å². The molecular formula is C22H24. The highest BCUT2D eigenvalue weighted by Crippen LogP contribution is 2.38. The largest absolute Gasteiger partial charge is 0.0622 e. The highest BCUT2D eigenvalue weighted by Gasteiger charge is 2.23. The van der Waals surface area contributed by atoms with Crippen molar-refractivity contribution in [3.8, 4) is 0 Å². The predicted octanol–water partition coefficient (Wildman–Crippen LogP) is 6.22. The van der Waals surface area contributed by atoms with Crippen molar-refractivity contribution in [1.82, 2.24) is 0 Å². The third-order valence-corrected chi connectivity index (χ3v) is 4.75. The minimum Gasteiger partial charge on any atom is -0.0622 e. The lowest BCUT2D eigenvalue weighted by atomic mass is 9.75. The predicted molar refractivity (Wildman–Crippen MR) is 96.4 cm³/mol. The van der Waals surface area contributed by atoms with E-state index in [9.17, 15) is 0 Å². The van der Waals surface area contributed by atoms with Crippen molar-refractivity contribution in [3.63, 3.8) is 0 Å². The fourth-order valence-corrected chi connectivity index (χ4v) is 3.16. The minimum absolute atomic E-state index is 0.753. The molecule has 0 nitrogen and oxygen atoms in total. The summed E-state index contributed by atoms with van der Waals surface area (Å²) in [6.07, 6.45) is 7.10. The molecule has 22 heavy (non-hydrogen) atoms. The summed E-state index contributed by atoms with van der Waals surface area (Å²) in [7, 11) is 0. The van der Waals surface area contributed by atoms with Crippen LogP contribution in [0.5, 0.6) is 0 Å². The smallest absolute Gasteiger partial charge is 0.0247 e. The molecule has 2 aromatic carbocycles. The van der Waals surface area contributed by atoms with Crippen LogP contribution in [0.15, 0.2) is 71.8 Å². The van der Waals surface area contributed by atoms with Gasteiger partial charge in [0.1, 0.15) is 0 Å². The molecule has 0 heterocycles. The average molecular weight is 288 g/mol. The monoisotopic (exact) mass is 288 g/mol. The SMILES string of the molecule is CC1CC(=C\c2ccccc2)/C(=C/c2ccccc2)CC1C. The van der Waals surface area contributed by atoms with Gasteiger partial charge in [0, 0.05) is 0 Å². The molecular weight excluding hydrogens is 264 g/mol. The maximum Gasteiger partial charge on any atom is -0.0247 e. The Morgan fingerprint density at radius 3 is 1.36 bits per heavy atom. The lowest BCUT2D eigenvalue weighted by molar-refractivity contribution is 0.361. The standard InChI is InChI=1S/C22H24/c1-17-13-21(15-19-9-5-3-6-10-19)22(14-18(17)2)16-20-11-7-4-8-12-20/h3-12,15-18H,13-14H2,1-2H3/b21-15+,22-16+. The highest BCUT2D eigenvalue weighted by molar-refractivity contribution is 5.66. The van der Waals surface area contributed by atoms with Crippen molar-refractivity contribution in [2.45, 2.75) is 26.7 Å². The molecule has 1 aliphatic carbocycles. The maximum absolute atomic E-state index is 2.38. The fraction of sp³-hybridized carbons (Fsp3) is 0.273. The van der Waals surface area contributed by atoms with Crippen LogP contribution in [0.3, 0.4) is 0 Å². The average Bonchev–Trinajstić information content (AvgIpc) is 2.54. The van der Waals surface area contributed by atoms with E-state index in [0.29, 0.717) is 0 Å². The van der Waals surface area contributed by atoms with Gasteiger partial charge in [-0.3, -0.25) is 0 Å². The Morgan fingerprint density at radius 1 is 0.636 bits per heavy atom. The molecule has 0 N–H and O–H groups in total. The van der Waals surface area contributed by atoms with Crippen LogP contribution in [-0.4, -0.2) is 0 Å². The van der Waals surface area contributed by atoms with E-state index in [4.69, 9.17) is 0 Å². The molecule has 112 valence electrons. The Morgan fingerprint density at radius 2 is 1.00 bits per heavy atom. The van der Waals surface area contributed by atoms with E-state index in [1.54, 1.807) is 0 Å². The molecule has 1 fully saturated rings. The van der Waals surface area contributed by atoms with E-state index in [1.807, 2.05) is 0 Å². The molecule has 0 saturated heterocycles. The summed E-state index contributed by atoms with van der Waals surface area (Å²) in [5.41, 5.74) is 5.61. The van der Waals surface area contributed by atoms with Crippen LogP contribution >= 0.6 is 0 Å². The summed E-state index contributed by atoms with van der Waals surface area (Å²) < 4.78 is 0. The molecule has 3 rings (SSSR count). The third kappa shape index (κ3) is 3.57. The maximum atomic E-state index is 2.38. The second kappa shape index (κ2) is 6.79. The van der Waals surface area contributed by atoms with Gasteiger partial charge in [0.2, 0.25) is 0 Å². The van der Waals surface area contributed by atoms with Gasteiger partial charge in [-0.05, 0) is 47.0 Å². The molecule has 0 amide bonds. The zero-order valence-electron chi connectivity index (χ0n) is 13.5. The normalized spacial score (nSPS) is 25.5. The summed E-state index contributed by atoms with van der Waals surface area (Å²) in [6.45, 7) is 4.76. The Labute approximate surface area is 134 Å². The molecule has 2 aromatic rings. The molecule has 1 saturated carbocycles. The quantitative estimate of drug-likeness (QED) is 0.615. The molecule has 0 spiro atoms. The van der Waals surface area contributed by atoms with Crippen molar-refractivity contribution in [2.75, 3.05) is 0 Å². The van der Waals surface area contributed by atoms with Gasteiger partial charge in [-0.15, -0.1) is 0 Å². The zero-order valence-corrected chi connectivity index (χ0v) is 13.5. The molecule has 2 atom stereocenters. The Balaban J connectivity index is 1.97. The first-order chi connectivity index (χ1) is 10.7. The summed E-state index contributed by atoms with van der Waals surface area (Å²) in [6, 6.07) is 21.4. The van der Waals surface area contributed by atoms with Crippen LogP contribution in [0, 0.1) is 11.8 Å². The Hall–Kier alpha value is -2.08. The lowest BCUT2D eigenvalue weighted by Crippen LogP contribution is -2.17. The number of rotatable bonds is 2. The molecule has 0 aliphatic heterocycles. The molecule has 2 unspecified atom stereocenters. The second-order valence-electron chi connectivity index (χ2n) is 6.52. The van der Waals surface area contributed by atoms with Crippen molar-refractivity contribution >= 4 is 12.2 Å². The number of allylic oxidation sites excluding steroid dienone is 2. The van der Waals surface area contributed by atoms with Crippen LogP contribution in [0.25, 0.3) is 12.2 Å². The van der Waals surface area contributed by atoms with Gasteiger partial charge in [-0.2, -0.15) is 0 Å². The first-order valence-electron chi connectivity index (χ1n) is 8.24. The number of hydrogen-bond acceptors (Lipinski definition) is 0. The molecule has 0 radical (unpaired) electrons. The zero-order chi connectivity index (χ0) is 15.4. The second-order valence-corrected chi connectivity index (χ2v) is 6.52. The van der Waals surface area contributed by atoms with Gasteiger partial charge >= 0.3 is 0 Å². The van der Waals surface area contributed by atoms with Crippen LogP contribution in [0.4, 0.5) is 0 Å². The summed E-state index contributed by atoms with van der Waals surface area (Å²) in [5.74, 6) is 1.51. The lowest BCUT2D eigenvalue weighted by Gasteiger charge is -2.30. The van der Waals surface area contributed by atoms with Gasteiger partial charge in [0.15, 0.2) is 0 Å². The topological polar surface area (TPSA) is 0 Å². The first kappa shape index (κ1) is 14.8. The van der Waals surface area contributed by atoms with Crippen molar-refractivity contribution < 1.29 is 0 Å². The van der Waals surface area contributed by atoms with Gasteiger partial charge in [0.05, 0.1) is 0 Å². The molecule has 0 aromatic heterocycles. The Kier molecular flexibility index (Phi) is 4.58. The minimum atomic E-state index is 0.753. The van der Waals surface area contributed by atoms with Crippen LogP contribution < -0.4 is 0 Å². The number of benzene rings is 2. The van der Waals surface area contributed by atoms with Crippen molar-refractivity contribution in [1.29, 1.82) is 0 Å². The van der Waals surface area contributed by atoms with Crippen LogP contribution in [-0.2, 0) is 0 Å². The summed E-state index contributed by atoms with van der Waals surface area (Å²) in [4.78, 5) is 0. The van der Waals surface area contributed by atoms with Crippen LogP contribution in [0.2, 0.25) is 0 Å². The van der Waals surface area contributed by atoms with Crippen molar-refractivity contribution in [3.05, 3.63) is 82.9 Å². The van der Waals surface area contributed by atoms with E-state index < -0.39 is 0 Å². The number of hydrogen-bond donors (Lipinski definition) is 0. The van der Waals surface area contributed by atoms with Gasteiger partial charge in [-0.25, -0.2) is 0 Å². The molecule has 1 aliphatic rings. The van der Waals surface area contributed by atoms with Gasteiger partial charge in [-0.1, -0.05) is 86.7 Å². The van der Waals surface area contributed by atoms with E-state index in [2.05, 4.69) is 86.7 Å². The fourth-order valence-electron chi connectivity index (χ4n) is 3.16. The molecule has 0 bridgehead atoms. The summed E-state index contributed by atoms with van der Waals surface area (Å²) in [5, 5.41) is 0. The summed E-state index contributed by atoms with van der Waals surface area (Å²) >= 11 is 0. The van der Waals surface area contributed by atoms with E-state index in [0.717, 1.165) is 11.8 Å². The van der Waals surface area contributed by atoms with Crippen molar-refractivity contribution in [2.24, 2.45) is 11.8 Å². The van der Waals surface area contributed by atoms with E-state index >= 15 is 0 Å². The van der Waals surface area contributed by atoms with Crippen LogP contribution in [0.1, 0.15) is 37.8 Å².